The van der Waals surface area contributed by atoms with Gasteiger partial charge >= 0.3 is 0 Å². The molecule has 0 saturated heterocycles. The number of hydrogen-bond donors (Lipinski definition) is 1. The Labute approximate surface area is 179 Å². The van der Waals surface area contributed by atoms with Gasteiger partial charge in [-0.3, -0.25) is 4.79 Å². The third-order valence-corrected chi connectivity index (χ3v) is 4.81. The van der Waals surface area contributed by atoms with Crippen LogP contribution in [0.5, 0.6) is 5.75 Å². The topological polar surface area (TPSA) is 64.4 Å². The predicted octanol–water partition coefficient (Wildman–Crippen LogP) is 6.31. The van der Waals surface area contributed by atoms with Gasteiger partial charge in [0.25, 0.3) is 5.91 Å². The fraction of sp³-hybridized carbons (Fsp3) is 0.0833. The molecular weight excluding hydrogens is 400 g/mol. The number of anilines is 1. The van der Waals surface area contributed by atoms with Crippen LogP contribution in [0.1, 0.15) is 17.3 Å². The number of hydrogen-bond acceptors (Lipinski definition) is 4. The third-order valence-electron chi connectivity index (χ3n) is 4.48. The van der Waals surface area contributed by atoms with Crippen LogP contribution >= 0.6 is 11.6 Å². The Morgan fingerprint density at radius 3 is 2.53 bits per heavy atom. The molecule has 0 spiro atoms. The van der Waals surface area contributed by atoms with Gasteiger partial charge < -0.3 is 14.5 Å². The Bertz CT molecular complexity index is 1170. The zero-order valence-corrected chi connectivity index (χ0v) is 17.0. The molecule has 0 radical (unpaired) electrons. The summed E-state index contributed by atoms with van der Waals surface area (Å²) in [6.45, 7) is 2.55. The van der Waals surface area contributed by atoms with Gasteiger partial charge in [-0.2, -0.15) is 0 Å². The van der Waals surface area contributed by atoms with Crippen LogP contribution < -0.4 is 10.1 Å². The van der Waals surface area contributed by atoms with Crippen LogP contribution in [0.2, 0.25) is 5.02 Å². The monoisotopic (exact) mass is 418 g/mol. The van der Waals surface area contributed by atoms with Crippen molar-refractivity contribution in [2.24, 2.45) is 0 Å². The van der Waals surface area contributed by atoms with E-state index in [4.69, 9.17) is 20.8 Å². The molecule has 1 heterocycles. The second-order valence-electron chi connectivity index (χ2n) is 6.47. The smallest absolute Gasteiger partial charge is 0.256 e. The summed E-state index contributed by atoms with van der Waals surface area (Å²) >= 11 is 6.16. The number of halogens is 1. The molecule has 1 aromatic heterocycles. The lowest BCUT2D eigenvalue weighted by molar-refractivity contribution is 0.102. The highest BCUT2D eigenvalue weighted by atomic mass is 35.5. The minimum Gasteiger partial charge on any atom is -0.494 e. The quantitative estimate of drug-likeness (QED) is 0.398. The number of ether oxygens (including phenoxy) is 1. The minimum atomic E-state index is -0.292. The highest BCUT2D eigenvalue weighted by Gasteiger charge is 2.17. The van der Waals surface area contributed by atoms with Crippen LogP contribution in [-0.4, -0.2) is 17.5 Å². The molecular formula is C24H19ClN2O3. The van der Waals surface area contributed by atoms with Crippen LogP contribution in [0, 0.1) is 0 Å². The van der Waals surface area contributed by atoms with Crippen LogP contribution in [0.25, 0.3) is 22.8 Å². The van der Waals surface area contributed by atoms with E-state index in [1.165, 1.54) is 0 Å². The highest BCUT2D eigenvalue weighted by Crippen LogP contribution is 2.30. The Balaban J connectivity index is 1.61. The average molecular weight is 419 g/mol. The fourth-order valence-electron chi connectivity index (χ4n) is 3.03. The van der Waals surface area contributed by atoms with E-state index in [1.807, 2.05) is 43.3 Å². The molecule has 5 nitrogen and oxygen atoms in total. The number of benzene rings is 3. The van der Waals surface area contributed by atoms with Gasteiger partial charge in [0.15, 0.2) is 5.76 Å². The van der Waals surface area contributed by atoms with E-state index in [-0.39, 0.29) is 5.91 Å². The lowest BCUT2D eigenvalue weighted by atomic mass is 10.1. The van der Waals surface area contributed by atoms with Crippen molar-refractivity contribution in [3.05, 3.63) is 89.6 Å². The maximum absolute atomic E-state index is 12.9. The molecule has 0 saturated carbocycles. The van der Waals surface area contributed by atoms with Gasteiger partial charge in [0.05, 0.1) is 29.1 Å². The fourth-order valence-corrected chi connectivity index (χ4v) is 3.22. The first-order chi connectivity index (χ1) is 14.7. The number of carbonyl (C=O) groups is 1. The maximum atomic E-state index is 12.9. The number of rotatable bonds is 6. The van der Waals surface area contributed by atoms with E-state index < -0.39 is 0 Å². The van der Waals surface area contributed by atoms with Gasteiger partial charge in [0.1, 0.15) is 5.75 Å². The summed E-state index contributed by atoms with van der Waals surface area (Å²) < 4.78 is 11.4. The molecule has 0 atom stereocenters. The molecule has 150 valence electrons. The molecule has 0 aliphatic rings. The van der Waals surface area contributed by atoms with Crippen LogP contribution in [-0.2, 0) is 0 Å². The summed E-state index contributed by atoms with van der Waals surface area (Å²) in [4.78, 5) is 17.3. The first-order valence-corrected chi connectivity index (χ1v) is 9.88. The van der Waals surface area contributed by atoms with E-state index in [2.05, 4.69) is 10.3 Å². The first-order valence-electron chi connectivity index (χ1n) is 9.50. The second kappa shape index (κ2) is 8.84. The molecule has 0 unspecified atom stereocenters. The van der Waals surface area contributed by atoms with Gasteiger partial charge in [-0.05, 0) is 55.5 Å². The molecule has 0 bridgehead atoms. The molecule has 0 aliphatic carbocycles. The summed E-state index contributed by atoms with van der Waals surface area (Å²) in [5, 5.41) is 3.31. The Morgan fingerprint density at radius 2 is 1.77 bits per heavy atom. The number of amides is 1. The summed E-state index contributed by atoms with van der Waals surface area (Å²) in [6.07, 6.45) is 1.65. The van der Waals surface area contributed by atoms with Crippen molar-refractivity contribution < 1.29 is 13.9 Å². The van der Waals surface area contributed by atoms with Gasteiger partial charge in [-0.15, -0.1) is 0 Å². The largest absolute Gasteiger partial charge is 0.494 e. The predicted molar refractivity (Wildman–Crippen MR) is 118 cm³/mol. The molecule has 1 amide bonds. The van der Waals surface area contributed by atoms with E-state index >= 15 is 0 Å². The maximum Gasteiger partial charge on any atom is 0.256 e. The molecule has 0 aliphatic heterocycles. The molecule has 4 rings (SSSR count). The molecule has 6 heteroatoms. The summed E-state index contributed by atoms with van der Waals surface area (Å²) in [7, 11) is 0. The van der Waals surface area contributed by atoms with E-state index in [9.17, 15) is 4.79 Å². The molecule has 1 N–H and O–H groups in total. The van der Waals surface area contributed by atoms with Gasteiger partial charge in [-0.1, -0.05) is 35.9 Å². The number of oxazole rings is 1. The number of nitrogens with one attached hydrogen (secondary N) is 1. The van der Waals surface area contributed by atoms with Crippen molar-refractivity contribution in [2.45, 2.75) is 6.92 Å². The standard InChI is InChI=1S/C24H19ClN2O3/c1-2-29-17-13-11-16(12-14-17)22-15-26-24(30-22)19-8-4-3-7-18(19)23(28)27-21-10-6-5-9-20(21)25/h3-15H,2H2,1H3,(H,27,28). The van der Waals surface area contributed by atoms with Crippen LogP contribution in [0.15, 0.2) is 83.4 Å². The summed E-state index contributed by atoms with van der Waals surface area (Å²) in [5.74, 6) is 1.47. The average Bonchev–Trinajstić information content (AvgIpc) is 3.26. The van der Waals surface area contributed by atoms with Crippen molar-refractivity contribution in [3.8, 4) is 28.5 Å². The van der Waals surface area contributed by atoms with Crippen LogP contribution in [0.4, 0.5) is 5.69 Å². The van der Waals surface area contributed by atoms with E-state index in [1.54, 1.807) is 42.6 Å². The van der Waals surface area contributed by atoms with Crippen molar-refractivity contribution in [1.29, 1.82) is 0 Å². The summed E-state index contributed by atoms with van der Waals surface area (Å²) in [5.41, 5.74) is 2.45. The second-order valence-corrected chi connectivity index (χ2v) is 6.87. The summed E-state index contributed by atoms with van der Waals surface area (Å²) in [6, 6.07) is 21.8. The lowest BCUT2D eigenvalue weighted by Crippen LogP contribution is -2.13. The first kappa shape index (κ1) is 19.7. The Morgan fingerprint density at radius 1 is 1.03 bits per heavy atom. The van der Waals surface area contributed by atoms with E-state index in [0.29, 0.717) is 40.1 Å². The molecule has 0 fully saturated rings. The zero-order chi connectivity index (χ0) is 20.9. The lowest BCUT2D eigenvalue weighted by Gasteiger charge is -2.09. The molecule has 30 heavy (non-hydrogen) atoms. The number of aromatic nitrogens is 1. The van der Waals surface area contributed by atoms with Gasteiger partial charge in [0, 0.05) is 11.1 Å². The highest BCUT2D eigenvalue weighted by molar-refractivity contribution is 6.34. The number of para-hydroxylation sites is 1. The van der Waals surface area contributed by atoms with Crippen molar-refractivity contribution in [3.63, 3.8) is 0 Å². The molecule has 4 aromatic rings. The van der Waals surface area contributed by atoms with Gasteiger partial charge in [0.2, 0.25) is 5.89 Å². The SMILES string of the molecule is CCOc1ccc(-c2cnc(-c3ccccc3C(=O)Nc3ccccc3Cl)o2)cc1. The Kier molecular flexibility index (Phi) is 5.82. The Hall–Kier alpha value is -3.57. The molecule has 3 aromatic carbocycles. The van der Waals surface area contributed by atoms with Crippen molar-refractivity contribution in [2.75, 3.05) is 11.9 Å². The van der Waals surface area contributed by atoms with Crippen LogP contribution in [0.3, 0.4) is 0 Å². The van der Waals surface area contributed by atoms with Crippen molar-refractivity contribution in [1.82, 2.24) is 4.98 Å². The third kappa shape index (κ3) is 4.21. The zero-order valence-electron chi connectivity index (χ0n) is 16.3. The number of carbonyl (C=O) groups excluding carboxylic acids is 1. The number of nitrogens with zero attached hydrogens (tertiary/aromatic N) is 1. The van der Waals surface area contributed by atoms with Crippen molar-refractivity contribution >= 4 is 23.2 Å². The van der Waals surface area contributed by atoms with E-state index in [0.717, 1.165) is 11.3 Å². The minimum absolute atomic E-state index is 0.292. The van der Waals surface area contributed by atoms with Gasteiger partial charge in [-0.25, -0.2) is 4.98 Å². The normalized spacial score (nSPS) is 10.6.